The summed E-state index contributed by atoms with van der Waals surface area (Å²) in [5, 5.41) is 22.6. The first kappa shape index (κ1) is 41.8. The predicted octanol–water partition coefficient (Wildman–Crippen LogP) is 1.76. The molecule has 5 atom stereocenters. The van der Waals surface area contributed by atoms with E-state index in [0.29, 0.717) is 29.7 Å². The molecular weight excluding hydrogens is 723 g/mol. The SMILES string of the molecule is Cc1cc(O)cc(C)c1C[C@H](N)C(=O)N[C@@H]1CCCCNC(=O)C[C@@H](C(N)=O)NC(=O)[C@H](c2ccc(C(F)(F)F)cc2)NC(=O)[C@H](c2ccccc2)NC1=O. The second-order valence-corrected chi connectivity index (χ2v) is 13.4. The number of nitrogens with two attached hydrogens (primary N) is 2. The molecule has 1 saturated heterocycles. The third-order valence-corrected chi connectivity index (χ3v) is 9.17. The summed E-state index contributed by atoms with van der Waals surface area (Å²) < 4.78 is 40.2. The van der Waals surface area contributed by atoms with Crippen LogP contribution in [0.15, 0.2) is 66.7 Å². The number of rotatable bonds is 7. The van der Waals surface area contributed by atoms with Crippen LogP contribution in [0.1, 0.15) is 71.1 Å². The van der Waals surface area contributed by atoms with Gasteiger partial charge in [-0.05, 0) is 91.6 Å². The zero-order chi connectivity index (χ0) is 40.4. The summed E-state index contributed by atoms with van der Waals surface area (Å²) in [6, 6.07) is 7.14. The van der Waals surface area contributed by atoms with Crippen molar-refractivity contribution in [2.24, 2.45) is 11.5 Å². The molecule has 0 bridgehead atoms. The Labute approximate surface area is 315 Å². The minimum Gasteiger partial charge on any atom is -0.508 e. The highest BCUT2D eigenvalue weighted by atomic mass is 19.4. The van der Waals surface area contributed by atoms with Gasteiger partial charge in [-0.25, -0.2) is 0 Å². The standard InChI is InChI=1S/C38H44F3N7O7/c1-20-16-25(49)17-21(2)26(20)18-27(42)34(52)45-28-10-6-7-15-44-30(50)19-29(33(43)51)46-36(54)32(23-11-13-24(14-12-23)38(39,40)41)48-37(55)31(47-35(28)53)22-8-4-3-5-9-22/h3-5,8-9,11-14,16-17,27-29,31-32,49H,6-7,10,15,18-19,42H2,1-2H3,(H2,43,51)(H,44,50)(H,45,52)(H,46,54)(H,47,53)(H,48,55)/t27-,28+,29-,31-,32-/m0/s1. The Kier molecular flexibility index (Phi) is 14.0. The second kappa shape index (κ2) is 18.4. The topological polar surface area (TPSA) is 235 Å². The van der Waals surface area contributed by atoms with Crippen LogP contribution in [0.5, 0.6) is 5.75 Å². The van der Waals surface area contributed by atoms with Gasteiger partial charge in [-0.1, -0.05) is 42.5 Å². The van der Waals surface area contributed by atoms with E-state index in [2.05, 4.69) is 26.6 Å². The number of aryl methyl sites for hydroxylation is 2. The largest absolute Gasteiger partial charge is 0.508 e. The maximum Gasteiger partial charge on any atom is 0.416 e. The van der Waals surface area contributed by atoms with Crippen molar-refractivity contribution in [1.29, 1.82) is 0 Å². The summed E-state index contributed by atoms with van der Waals surface area (Å²) in [6.07, 6.45) is -4.57. The van der Waals surface area contributed by atoms with E-state index in [-0.39, 0.29) is 42.7 Å². The van der Waals surface area contributed by atoms with E-state index < -0.39 is 83.8 Å². The van der Waals surface area contributed by atoms with Gasteiger partial charge in [-0.15, -0.1) is 0 Å². The van der Waals surface area contributed by atoms with Gasteiger partial charge in [0, 0.05) is 6.54 Å². The summed E-state index contributed by atoms with van der Waals surface area (Å²) >= 11 is 0. The number of carbonyl (C=O) groups excluding carboxylic acids is 6. The Morgan fingerprint density at radius 3 is 2.00 bits per heavy atom. The first-order valence-corrected chi connectivity index (χ1v) is 17.5. The number of phenolic OH excluding ortho intramolecular Hbond substituents is 1. The molecule has 14 nitrogen and oxygen atoms in total. The summed E-state index contributed by atoms with van der Waals surface area (Å²) in [5.41, 5.74) is 13.0. The van der Waals surface area contributed by atoms with Gasteiger partial charge < -0.3 is 43.2 Å². The lowest BCUT2D eigenvalue weighted by atomic mass is 9.95. The van der Waals surface area contributed by atoms with Crippen LogP contribution in [0.2, 0.25) is 0 Å². The van der Waals surface area contributed by atoms with Gasteiger partial charge in [0.2, 0.25) is 35.4 Å². The van der Waals surface area contributed by atoms with E-state index in [0.717, 1.165) is 17.7 Å². The first-order chi connectivity index (χ1) is 25.9. The van der Waals surface area contributed by atoms with Crippen molar-refractivity contribution in [1.82, 2.24) is 26.6 Å². The number of nitrogens with one attached hydrogen (secondary N) is 5. The van der Waals surface area contributed by atoms with Crippen LogP contribution in [-0.4, -0.2) is 65.2 Å². The summed E-state index contributed by atoms with van der Waals surface area (Å²) in [7, 11) is 0. The highest BCUT2D eigenvalue weighted by Crippen LogP contribution is 2.30. The van der Waals surface area contributed by atoms with E-state index in [1.54, 1.807) is 32.0 Å². The van der Waals surface area contributed by atoms with E-state index in [9.17, 15) is 47.0 Å². The maximum absolute atomic E-state index is 14.1. The van der Waals surface area contributed by atoms with Gasteiger partial charge in [0.05, 0.1) is 18.0 Å². The number of amides is 6. The molecule has 17 heteroatoms. The van der Waals surface area contributed by atoms with Crippen molar-refractivity contribution >= 4 is 35.4 Å². The third-order valence-electron chi connectivity index (χ3n) is 9.17. The molecule has 55 heavy (non-hydrogen) atoms. The highest BCUT2D eigenvalue weighted by molar-refractivity contribution is 5.97. The number of primary amides is 1. The van der Waals surface area contributed by atoms with Crippen LogP contribution >= 0.6 is 0 Å². The molecule has 0 saturated carbocycles. The predicted molar refractivity (Wildman–Crippen MR) is 193 cm³/mol. The molecule has 3 aromatic carbocycles. The number of hydrogen-bond acceptors (Lipinski definition) is 8. The van der Waals surface area contributed by atoms with Crippen molar-refractivity contribution in [3.05, 3.63) is 100 Å². The van der Waals surface area contributed by atoms with Crippen molar-refractivity contribution in [3.63, 3.8) is 0 Å². The molecule has 1 aliphatic heterocycles. The van der Waals surface area contributed by atoms with Crippen LogP contribution in [0, 0.1) is 13.8 Å². The molecule has 0 aliphatic carbocycles. The number of hydrogen-bond donors (Lipinski definition) is 8. The van der Waals surface area contributed by atoms with Gasteiger partial charge in [-0.2, -0.15) is 13.2 Å². The van der Waals surface area contributed by atoms with Crippen molar-refractivity contribution < 1.29 is 47.0 Å². The Morgan fingerprint density at radius 1 is 0.855 bits per heavy atom. The fourth-order valence-electron chi connectivity index (χ4n) is 6.17. The fraction of sp³-hybridized carbons (Fsp3) is 0.368. The van der Waals surface area contributed by atoms with E-state index >= 15 is 0 Å². The number of halogens is 3. The van der Waals surface area contributed by atoms with Crippen LogP contribution < -0.4 is 38.1 Å². The molecule has 1 aliphatic rings. The van der Waals surface area contributed by atoms with E-state index in [1.807, 2.05) is 0 Å². The van der Waals surface area contributed by atoms with Crippen molar-refractivity contribution in [3.8, 4) is 5.75 Å². The smallest absolute Gasteiger partial charge is 0.416 e. The highest BCUT2D eigenvalue weighted by Gasteiger charge is 2.35. The van der Waals surface area contributed by atoms with Gasteiger partial charge >= 0.3 is 6.18 Å². The fourth-order valence-corrected chi connectivity index (χ4v) is 6.17. The van der Waals surface area contributed by atoms with Crippen LogP contribution in [0.4, 0.5) is 13.2 Å². The zero-order valence-corrected chi connectivity index (χ0v) is 30.2. The third kappa shape index (κ3) is 11.5. The Morgan fingerprint density at radius 2 is 1.42 bits per heavy atom. The summed E-state index contributed by atoms with van der Waals surface area (Å²) in [4.78, 5) is 80.3. The lowest BCUT2D eigenvalue weighted by Gasteiger charge is -2.27. The molecule has 0 spiro atoms. The normalized spacial score (nSPS) is 21.2. The zero-order valence-electron chi connectivity index (χ0n) is 30.2. The van der Waals surface area contributed by atoms with Gasteiger partial charge in [0.25, 0.3) is 0 Å². The molecule has 6 amide bonds. The number of alkyl halides is 3. The average molecular weight is 768 g/mol. The minimum atomic E-state index is -4.71. The molecule has 1 heterocycles. The van der Waals surface area contributed by atoms with E-state index in [1.165, 1.54) is 24.3 Å². The monoisotopic (exact) mass is 767 g/mol. The molecule has 10 N–H and O–H groups in total. The van der Waals surface area contributed by atoms with Crippen LogP contribution in [-0.2, 0) is 41.4 Å². The van der Waals surface area contributed by atoms with Gasteiger partial charge in [0.15, 0.2) is 0 Å². The van der Waals surface area contributed by atoms with Crippen LogP contribution in [0.3, 0.4) is 0 Å². The number of aromatic hydroxyl groups is 1. The van der Waals surface area contributed by atoms with Crippen LogP contribution in [0.25, 0.3) is 0 Å². The van der Waals surface area contributed by atoms with Gasteiger partial charge in [-0.3, -0.25) is 28.8 Å². The first-order valence-electron chi connectivity index (χ1n) is 17.5. The molecule has 0 aromatic heterocycles. The minimum absolute atomic E-state index is 0.0404. The Balaban J connectivity index is 1.69. The second-order valence-electron chi connectivity index (χ2n) is 13.4. The van der Waals surface area contributed by atoms with E-state index in [4.69, 9.17) is 11.5 Å². The quantitative estimate of drug-likeness (QED) is 0.176. The molecule has 4 rings (SSSR count). The van der Waals surface area contributed by atoms with Gasteiger partial charge in [0.1, 0.15) is 29.9 Å². The van der Waals surface area contributed by atoms with Crippen molar-refractivity contribution in [2.75, 3.05) is 6.54 Å². The average Bonchev–Trinajstić information content (AvgIpc) is 3.12. The Bertz CT molecular complexity index is 1870. The number of carbonyl (C=O) groups is 6. The molecule has 0 unspecified atom stereocenters. The molecule has 0 radical (unpaired) electrons. The Hall–Kier alpha value is -5.97. The lowest BCUT2D eigenvalue weighted by molar-refractivity contribution is -0.137. The number of phenols is 1. The molecule has 3 aromatic rings. The lowest BCUT2D eigenvalue weighted by Crippen LogP contribution is -2.54. The summed E-state index contributed by atoms with van der Waals surface area (Å²) in [5.74, 6) is -5.21. The maximum atomic E-state index is 14.1. The summed E-state index contributed by atoms with van der Waals surface area (Å²) in [6.45, 7) is 3.61. The molecule has 1 fully saturated rings. The van der Waals surface area contributed by atoms with Crippen molar-refractivity contribution in [2.45, 2.75) is 82.3 Å². The molecular formula is C38H44F3N7O7. The number of benzene rings is 3. The molecule has 294 valence electrons.